The van der Waals surface area contributed by atoms with Gasteiger partial charge in [-0.3, -0.25) is 0 Å². The second-order valence-electron chi connectivity index (χ2n) is 6.46. The highest BCUT2D eigenvalue weighted by Gasteiger charge is 2.56. The number of benzene rings is 1. The first-order valence-corrected chi connectivity index (χ1v) is 11.2. The van der Waals surface area contributed by atoms with Crippen molar-refractivity contribution in [2.75, 3.05) is 0 Å². The molecule has 3 rings (SSSR count). The van der Waals surface area contributed by atoms with Crippen LogP contribution in [0.15, 0.2) is 28.0 Å². The predicted molar refractivity (Wildman–Crippen MR) is 91.3 cm³/mol. The predicted octanol–water partition coefficient (Wildman–Crippen LogP) is 7.35. The molecule has 1 aromatic carbocycles. The Morgan fingerprint density at radius 1 is 1.18 bits per heavy atom. The van der Waals surface area contributed by atoms with Crippen LogP contribution in [0.5, 0.6) is 0 Å². The van der Waals surface area contributed by atoms with Gasteiger partial charge in [0.05, 0.1) is 0 Å². The Kier molecular flexibility index (Phi) is 4.17. The molecule has 5 heteroatoms. The molecule has 0 amide bonds. The molecular weight excluding hydrogens is 373 g/mol. The molecule has 1 fully saturated rings. The molecule has 1 saturated carbocycles. The first-order valence-electron chi connectivity index (χ1n) is 7.70. The van der Waals surface area contributed by atoms with Gasteiger partial charge in [0, 0.05) is 4.90 Å². The highest BCUT2D eigenvalue weighted by atomic mass is 79.9. The van der Waals surface area contributed by atoms with E-state index in [0.717, 1.165) is 36.8 Å². The van der Waals surface area contributed by atoms with Crippen molar-refractivity contribution in [3.63, 3.8) is 0 Å². The molecule has 0 bridgehead atoms. The monoisotopic (exact) mass is 392 g/mol. The van der Waals surface area contributed by atoms with Crippen LogP contribution in [0.1, 0.15) is 56.6 Å². The molecule has 1 atom stereocenters. The number of hydrogen-bond acceptors (Lipinski definition) is 0. The van der Waals surface area contributed by atoms with Crippen molar-refractivity contribution < 1.29 is 13.2 Å². The highest BCUT2D eigenvalue weighted by molar-refractivity contribution is 9.59. The van der Waals surface area contributed by atoms with Crippen molar-refractivity contribution in [3.05, 3.63) is 34.2 Å². The van der Waals surface area contributed by atoms with Crippen LogP contribution in [0, 0.1) is 5.92 Å². The molecule has 0 spiro atoms. The van der Waals surface area contributed by atoms with Crippen LogP contribution in [0.3, 0.4) is 0 Å². The largest absolute Gasteiger partial charge is 0.442 e. The zero-order valence-electron chi connectivity index (χ0n) is 12.7. The lowest BCUT2D eigenvalue weighted by molar-refractivity contribution is -0.0357. The van der Waals surface area contributed by atoms with Gasteiger partial charge in [0.1, 0.15) is 0 Å². The van der Waals surface area contributed by atoms with Gasteiger partial charge in [0.2, 0.25) is 0 Å². The van der Waals surface area contributed by atoms with Crippen LogP contribution >= 0.6 is 23.3 Å². The van der Waals surface area contributed by atoms with Crippen LogP contribution < -0.4 is 0 Å². The van der Waals surface area contributed by atoms with E-state index in [1.165, 1.54) is 0 Å². The zero-order valence-corrected chi connectivity index (χ0v) is 15.1. The third kappa shape index (κ3) is 2.44. The molecule has 1 heterocycles. The van der Waals surface area contributed by atoms with Crippen molar-refractivity contribution in [1.82, 2.24) is 0 Å². The fourth-order valence-corrected chi connectivity index (χ4v) is 7.87. The van der Waals surface area contributed by atoms with Crippen molar-refractivity contribution >= 4 is 29.4 Å². The summed E-state index contributed by atoms with van der Waals surface area (Å²) in [5.74, 6) is 0.302. The van der Waals surface area contributed by atoms with Gasteiger partial charge in [0.15, 0.2) is 0 Å². The van der Waals surface area contributed by atoms with Crippen LogP contribution in [0.2, 0.25) is 0 Å². The van der Waals surface area contributed by atoms with Gasteiger partial charge in [-0.05, 0) is 76.1 Å². The molecule has 1 unspecified atom stereocenters. The first-order chi connectivity index (χ1) is 10.2. The molecule has 1 aliphatic carbocycles. The van der Waals surface area contributed by atoms with E-state index in [9.17, 15) is 13.2 Å². The van der Waals surface area contributed by atoms with E-state index in [2.05, 4.69) is 14.8 Å². The van der Waals surface area contributed by atoms with E-state index in [4.69, 9.17) is 0 Å². The topological polar surface area (TPSA) is 0 Å². The second-order valence-corrected chi connectivity index (χ2v) is 11.8. The van der Waals surface area contributed by atoms with Crippen molar-refractivity contribution in [2.24, 2.45) is 5.92 Å². The zero-order chi connectivity index (χ0) is 16.1. The quantitative estimate of drug-likeness (QED) is 0.493. The van der Waals surface area contributed by atoms with E-state index in [0.29, 0.717) is 9.80 Å². The van der Waals surface area contributed by atoms with Crippen molar-refractivity contribution in [2.45, 2.75) is 55.9 Å². The highest BCUT2D eigenvalue weighted by Crippen LogP contribution is 2.83. The summed E-state index contributed by atoms with van der Waals surface area (Å²) in [4.78, 5) is 1.04. The van der Waals surface area contributed by atoms with Crippen molar-refractivity contribution in [3.8, 4) is 0 Å². The molecule has 1 aliphatic heterocycles. The van der Waals surface area contributed by atoms with E-state index >= 15 is 0 Å². The van der Waals surface area contributed by atoms with Crippen LogP contribution in [-0.2, 0) is 0 Å². The van der Waals surface area contributed by atoms with Gasteiger partial charge in [-0.15, -0.1) is 0 Å². The summed E-state index contributed by atoms with van der Waals surface area (Å²) in [6.07, 6.45) is 5.65. The summed E-state index contributed by atoms with van der Waals surface area (Å²) in [5, 5.41) is 0. The van der Waals surface area contributed by atoms with E-state index < -0.39 is 14.0 Å². The smallest absolute Gasteiger partial charge is 0.160 e. The Balaban J connectivity index is 2.14. The van der Waals surface area contributed by atoms with E-state index in [1.54, 1.807) is 6.07 Å². The second kappa shape index (κ2) is 5.59. The first kappa shape index (κ1) is 16.4. The molecule has 0 aromatic heterocycles. The normalized spacial score (nSPS) is 28.6. The summed E-state index contributed by atoms with van der Waals surface area (Å²) < 4.78 is 42.0. The minimum absolute atomic E-state index is 0.0749. The molecule has 1 aromatic rings. The summed E-state index contributed by atoms with van der Waals surface area (Å²) in [6.45, 7) is 4.03. The molecule has 0 nitrogen and oxygen atoms in total. The number of halogens is 4. The molecule has 0 radical (unpaired) electrons. The average Bonchev–Trinajstić information content (AvgIpc) is 3.04. The standard InChI is InChI=1S/C17H20BrF3S/c1-11(2)13-7-8-14-10-15(12-5-3-4-6-12)22(18,16(14)9-13)17(19,20)21/h7-12H,3-6H2,1-2H3. The summed E-state index contributed by atoms with van der Waals surface area (Å²) in [6, 6.07) is 5.60. The van der Waals surface area contributed by atoms with Gasteiger partial charge in [0.25, 0.3) is 0 Å². The Bertz CT molecular complexity index is 615. The Hall–Kier alpha value is -0.420. The maximum Gasteiger partial charge on any atom is 0.442 e. The molecular formula is C17H20BrF3S. The SMILES string of the molecule is CC(C)c1ccc2c(c1)S(Br)(C(F)(F)F)C(C1CCCC1)=C2. The summed E-state index contributed by atoms with van der Waals surface area (Å²) >= 11 is 3.21. The minimum Gasteiger partial charge on any atom is -0.160 e. The van der Waals surface area contributed by atoms with Gasteiger partial charge in [-0.2, -0.15) is 13.2 Å². The molecule has 0 N–H and O–H groups in total. The lowest BCUT2D eigenvalue weighted by Crippen LogP contribution is -2.18. The van der Waals surface area contributed by atoms with Crippen molar-refractivity contribution in [1.29, 1.82) is 0 Å². The average molecular weight is 393 g/mol. The third-order valence-electron chi connectivity index (χ3n) is 4.71. The minimum atomic E-state index is -4.25. The fraction of sp³-hybridized carbons (Fsp3) is 0.529. The van der Waals surface area contributed by atoms with Gasteiger partial charge < -0.3 is 0 Å². The third-order valence-corrected chi connectivity index (χ3v) is 10.7. The molecule has 2 aliphatic rings. The Morgan fingerprint density at radius 3 is 2.36 bits per heavy atom. The van der Waals surface area contributed by atoms with Crippen LogP contribution in [0.4, 0.5) is 13.2 Å². The number of allylic oxidation sites excluding steroid dienone is 1. The molecule has 0 saturated heterocycles. The maximum atomic E-state index is 14.0. The maximum absolute atomic E-state index is 14.0. The number of alkyl halides is 3. The van der Waals surface area contributed by atoms with E-state index in [1.807, 2.05) is 32.1 Å². The van der Waals surface area contributed by atoms with Gasteiger partial charge >= 0.3 is 5.51 Å². The number of rotatable bonds is 2. The fourth-order valence-electron chi connectivity index (χ4n) is 3.45. The number of hydrogen-bond donors (Lipinski definition) is 0. The number of fused-ring (bicyclic) bond motifs is 1. The van der Waals surface area contributed by atoms with Crippen LogP contribution in [-0.4, -0.2) is 5.51 Å². The summed E-state index contributed by atoms with van der Waals surface area (Å²) in [5.41, 5.74) is -2.53. The van der Waals surface area contributed by atoms with Crippen LogP contribution in [0.25, 0.3) is 6.08 Å². The molecule has 122 valence electrons. The van der Waals surface area contributed by atoms with E-state index in [-0.39, 0.29) is 11.8 Å². The lowest BCUT2D eigenvalue weighted by Gasteiger charge is -2.37. The Morgan fingerprint density at radius 2 is 1.82 bits per heavy atom. The van der Waals surface area contributed by atoms with Gasteiger partial charge in [-0.1, -0.05) is 38.8 Å². The molecule has 22 heavy (non-hydrogen) atoms. The lowest BCUT2D eigenvalue weighted by atomic mass is 10.0. The summed E-state index contributed by atoms with van der Waals surface area (Å²) in [7, 11) is -3.09. The Labute approximate surface area is 138 Å². The van der Waals surface area contributed by atoms with Gasteiger partial charge in [-0.25, -0.2) is 0 Å².